The van der Waals surface area contributed by atoms with Gasteiger partial charge in [-0.15, -0.1) is 0 Å². The van der Waals surface area contributed by atoms with Gasteiger partial charge >= 0.3 is 35.8 Å². The second kappa shape index (κ2) is 9.02. The second-order valence-corrected chi connectivity index (χ2v) is 7.07. The van der Waals surface area contributed by atoms with E-state index >= 15 is 0 Å². The molecule has 0 fully saturated rings. The van der Waals surface area contributed by atoms with Crippen molar-refractivity contribution in [3.8, 4) is 5.75 Å². The lowest BCUT2D eigenvalue weighted by Crippen LogP contribution is -2.71. The highest BCUT2D eigenvalue weighted by Crippen LogP contribution is 2.61. The van der Waals surface area contributed by atoms with Gasteiger partial charge in [-0.25, -0.2) is 0 Å². The van der Waals surface area contributed by atoms with Crippen LogP contribution in [0.4, 0.5) is 57.1 Å². The molecule has 1 N–H and O–H groups in total. The average Bonchev–Trinajstić information content (AvgIpc) is 2.69. The number of hydrogen-bond donors (Lipinski definition) is 1. The zero-order valence-electron chi connectivity index (χ0n) is 16.6. The van der Waals surface area contributed by atoms with E-state index in [1.165, 1.54) is 0 Å². The minimum atomic E-state index is -7.98. The van der Waals surface area contributed by atoms with Crippen LogP contribution in [0.3, 0.4) is 0 Å². The zero-order valence-corrected chi connectivity index (χ0v) is 16.6. The molecule has 0 bridgehead atoms. The number of ether oxygens (including phenoxy) is 1. The summed E-state index contributed by atoms with van der Waals surface area (Å²) >= 11 is 0. The Balaban J connectivity index is 3.35. The van der Waals surface area contributed by atoms with Gasteiger partial charge < -0.3 is 9.84 Å². The molecule has 0 saturated heterocycles. The van der Waals surface area contributed by atoms with Crippen molar-refractivity contribution in [3.05, 3.63) is 29.8 Å². The minimum absolute atomic E-state index is 0.00377. The molecule has 0 aromatic heterocycles. The van der Waals surface area contributed by atoms with Gasteiger partial charge in [0.15, 0.2) is 0 Å². The summed E-state index contributed by atoms with van der Waals surface area (Å²) in [5, 5.41) is 9.90. The Hall–Kier alpha value is -1.93. The maximum Gasteiger partial charge on any atom is 0.460 e. The molecule has 2 unspecified atom stereocenters. The molecule has 192 valence electrons. The number of aliphatic hydroxyl groups excluding tert-OH is 1. The molecular weight excluding hydrogens is 495 g/mol. The van der Waals surface area contributed by atoms with Gasteiger partial charge in [0.25, 0.3) is 0 Å². The highest BCUT2D eigenvalue weighted by molar-refractivity contribution is 5.29. The average molecular weight is 512 g/mol. The first-order chi connectivity index (χ1) is 14.6. The van der Waals surface area contributed by atoms with Crippen LogP contribution in [-0.4, -0.2) is 47.5 Å². The van der Waals surface area contributed by atoms with Gasteiger partial charge in [0, 0.05) is 0 Å². The van der Waals surface area contributed by atoms with Gasteiger partial charge in [0.1, 0.15) is 5.75 Å². The predicted molar refractivity (Wildman–Crippen MR) is 87.1 cm³/mol. The topological polar surface area (TPSA) is 29.5 Å². The highest BCUT2D eigenvalue weighted by Gasteiger charge is 2.91. The summed E-state index contributed by atoms with van der Waals surface area (Å²) in [5.74, 6) is -40.7. The number of alkyl halides is 13. The Morgan fingerprint density at radius 2 is 1.15 bits per heavy atom. The van der Waals surface area contributed by atoms with Gasteiger partial charge in [-0.1, -0.05) is 26.0 Å². The van der Waals surface area contributed by atoms with Gasteiger partial charge in [-0.2, -0.15) is 57.1 Å². The lowest BCUT2D eigenvalue weighted by Gasteiger charge is -2.42. The van der Waals surface area contributed by atoms with Crippen LogP contribution in [0.25, 0.3) is 0 Å². The van der Waals surface area contributed by atoms with E-state index in [2.05, 4.69) is 0 Å². The van der Waals surface area contributed by atoms with Gasteiger partial charge in [-0.3, -0.25) is 0 Å². The molecule has 0 amide bonds. The van der Waals surface area contributed by atoms with E-state index < -0.39 is 53.4 Å². The smallest absolute Gasteiger partial charge is 0.460 e. The summed E-state index contributed by atoms with van der Waals surface area (Å²) in [6, 6.07) is 3.80. The van der Waals surface area contributed by atoms with Crippen LogP contribution >= 0.6 is 0 Å². The number of halogens is 13. The van der Waals surface area contributed by atoms with Crippen molar-refractivity contribution in [2.45, 2.75) is 62.2 Å². The van der Waals surface area contributed by atoms with Crippen LogP contribution < -0.4 is 4.74 Å². The van der Waals surface area contributed by atoms with Gasteiger partial charge in [0.05, 0.1) is 18.6 Å². The molecule has 33 heavy (non-hydrogen) atoms. The van der Waals surface area contributed by atoms with Crippen molar-refractivity contribution < 1.29 is 66.9 Å². The van der Waals surface area contributed by atoms with Crippen LogP contribution in [0.2, 0.25) is 0 Å². The van der Waals surface area contributed by atoms with Crippen LogP contribution in [0.15, 0.2) is 24.3 Å². The minimum Gasteiger partial charge on any atom is -0.494 e. The standard InChI is InChI=1S/C18H17F13O2/c1-3-8-33-11-6-4-10(5-7-11)12(32)9(2)13(19,20)14(21,22)15(23,24)16(25,26)17(27,28)18(29,30)31/h4-7,9,12,32H,3,8H2,1-2H3. The molecule has 1 aromatic carbocycles. The molecule has 15 heteroatoms. The fraction of sp³-hybridized carbons (Fsp3) is 0.667. The zero-order chi connectivity index (χ0) is 26.3. The van der Waals surface area contributed by atoms with Crippen LogP contribution in [0.1, 0.15) is 31.9 Å². The summed E-state index contributed by atoms with van der Waals surface area (Å²) in [5.41, 5.74) is -0.613. The summed E-state index contributed by atoms with van der Waals surface area (Å²) < 4.78 is 177. The Morgan fingerprint density at radius 1 is 0.727 bits per heavy atom. The molecule has 0 aliphatic heterocycles. The van der Waals surface area contributed by atoms with E-state index in [1.807, 2.05) is 0 Å². The van der Waals surface area contributed by atoms with E-state index in [9.17, 15) is 62.2 Å². The quantitative estimate of drug-likeness (QED) is 0.347. The highest BCUT2D eigenvalue weighted by atomic mass is 19.4. The van der Waals surface area contributed by atoms with Crippen molar-refractivity contribution in [2.24, 2.45) is 5.92 Å². The maximum atomic E-state index is 14.2. The van der Waals surface area contributed by atoms with Crippen LogP contribution in [0.5, 0.6) is 5.75 Å². The fourth-order valence-electron chi connectivity index (χ4n) is 2.54. The molecule has 0 radical (unpaired) electrons. The third-order valence-corrected chi connectivity index (χ3v) is 4.70. The lowest BCUT2D eigenvalue weighted by molar-refractivity contribution is -0.444. The normalized spacial score (nSPS) is 16.5. The first kappa shape index (κ1) is 29.1. The SMILES string of the molecule is CCCOc1ccc(C(O)C(C)C(F)(F)C(F)(F)C(F)(F)C(F)(F)C(F)(F)C(F)(F)F)cc1. The molecule has 2 nitrogen and oxygen atoms in total. The molecule has 1 aromatic rings. The first-order valence-corrected chi connectivity index (χ1v) is 8.97. The van der Waals surface area contributed by atoms with Crippen LogP contribution in [0, 0.1) is 5.92 Å². The van der Waals surface area contributed by atoms with Crippen molar-refractivity contribution in [1.82, 2.24) is 0 Å². The Morgan fingerprint density at radius 3 is 1.55 bits per heavy atom. The lowest BCUT2D eigenvalue weighted by atomic mass is 9.83. The number of rotatable bonds is 10. The molecule has 1 rings (SSSR count). The summed E-state index contributed by atoms with van der Waals surface area (Å²) in [6.07, 6.45) is -9.67. The number of benzene rings is 1. The Bertz CT molecular complexity index is 788. The number of aliphatic hydroxyl groups is 1. The maximum absolute atomic E-state index is 14.2. The largest absolute Gasteiger partial charge is 0.494 e. The molecular formula is C18H17F13O2. The van der Waals surface area contributed by atoms with Gasteiger partial charge in [0.2, 0.25) is 0 Å². The summed E-state index contributed by atoms with van der Waals surface area (Å²) in [7, 11) is 0. The number of hydrogen-bond acceptors (Lipinski definition) is 2. The molecule has 0 saturated carbocycles. The third kappa shape index (κ3) is 4.69. The second-order valence-electron chi connectivity index (χ2n) is 7.07. The van der Waals surface area contributed by atoms with E-state index in [-0.39, 0.29) is 19.3 Å². The summed E-state index contributed by atoms with van der Waals surface area (Å²) in [6.45, 7) is 1.93. The van der Waals surface area contributed by atoms with Gasteiger partial charge in [-0.05, 0) is 24.1 Å². The third-order valence-electron chi connectivity index (χ3n) is 4.70. The molecule has 0 aliphatic carbocycles. The Kier molecular flexibility index (Phi) is 7.96. The van der Waals surface area contributed by atoms with E-state index in [0.717, 1.165) is 24.3 Å². The first-order valence-electron chi connectivity index (χ1n) is 8.97. The predicted octanol–water partition coefficient (Wildman–Crippen LogP) is 6.88. The fourth-order valence-corrected chi connectivity index (χ4v) is 2.54. The van der Waals surface area contributed by atoms with E-state index in [4.69, 9.17) is 4.74 Å². The molecule has 0 spiro atoms. The monoisotopic (exact) mass is 512 g/mol. The Labute approximate surface area is 178 Å². The van der Waals surface area contributed by atoms with Crippen molar-refractivity contribution in [1.29, 1.82) is 0 Å². The van der Waals surface area contributed by atoms with Crippen molar-refractivity contribution in [2.75, 3.05) is 6.61 Å². The van der Waals surface area contributed by atoms with Crippen molar-refractivity contribution in [3.63, 3.8) is 0 Å². The molecule has 0 aliphatic rings. The summed E-state index contributed by atoms with van der Waals surface area (Å²) in [4.78, 5) is 0. The van der Waals surface area contributed by atoms with E-state index in [1.54, 1.807) is 6.92 Å². The van der Waals surface area contributed by atoms with E-state index in [0.29, 0.717) is 6.42 Å². The van der Waals surface area contributed by atoms with Crippen molar-refractivity contribution >= 4 is 0 Å². The molecule has 2 atom stereocenters. The molecule has 0 heterocycles. The van der Waals surface area contributed by atoms with Crippen LogP contribution in [-0.2, 0) is 0 Å².